The monoisotopic (exact) mass is 212 g/mol. The quantitative estimate of drug-likeness (QED) is 0.461. The first-order chi connectivity index (χ1) is 6.61. The van der Waals surface area contributed by atoms with E-state index in [9.17, 15) is 9.18 Å². The minimum atomic E-state index is -0.880. The van der Waals surface area contributed by atoms with E-state index < -0.39 is 11.6 Å². The van der Waals surface area contributed by atoms with Crippen LogP contribution in [0.15, 0.2) is 12.1 Å². The maximum Gasteiger partial charge on any atom is 0.181 e. The summed E-state index contributed by atoms with van der Waals surface area (Å²) >= 11 is 5.27. The Morgan fingerprint density at radius 1 is 1.64 bits per heavy atom. The Morgan fingerprint density at radius 2 is 2.29 bits per heavy atom. The van der Waals surface area contributed by atoms with Gasteiger partial charge in [0.05, 0.1) is 28.8 Å². The Hall–Kier alpha value is -1.60. The highest BCUT2D eigenvalue weighted by molar-refractivity contribution is 6.30. The van der Waals surface area contributed by atoms with Crippen molar-refractivity contribution in [2.45, 2.75) is 0 Å². The highest BCUT2D eigenvalue weighted by atomic mass is 35.5. The second-order valence-corrected chi connectivity index (χ2v) is 2.83. The summed E-state index contributed by atoms with van der Waals surface area (Å²) in [6.45, 7) is 0. The number of nitriles is 1. The van der Waals surface area contributed by atoms with Crippen LogP contribution in [0, 0.1) is 17.1 Å². The minimum absolute atomic E-state index is 0.0534. The van der Waals surface area contributed by atoms with Crippen LogP contribution in [0.5, 0.6) is 0 Å². The van der Waals surface area contributed by atoms with Crippen LogP contribution >= 0.6 is 11.6 Å². The predicted octanol–water partition coefficient (Wildman–Crippen LogP) is 1.70. The van der Waals surface area contributed by atoms with Gasteiger partial charge in [-0.2, -0.15) is 5.26 Å². The van der Waals surface area contributed by atoms with Crippen molar-refractivity contribution < 1.29 is 9.18 Å². The molecule has 0 saturated heterocycles. The summed E-state index contributed by atoms with van der Waals surface area (Å²) < 4.78 is 13.3. The highest BCUT2D eigenvalue weighted by Crippen LogP contribution is 2.20. The molecule has 0 radical (unpaired) electrons. The zero-order chi connectivity index (χ0) is 10.7. The van der Waals surface area contributed by atoms with Gasteiger partial charge in [-0.05, 0) is 12.1 Å². The van der Waals surface area contributed by atoms with E-state index in [1.165, 1.54) is 12.1 Å². The Kier molecular flexibility index (Phi) is 3.05. The van der Waals surface area contributed by atoms with Gasteiger partial charge in [-0.15, -0.1) is 11.6 Å². The number of alkyl halides is 1. The summed E-state index contributed by atoms with van der Waals surface area (Å²) in [4.78, 5) is 11.2. The number of Topliss-reactive ketones (excluding diaryl/α,β-unsaturated/α-hetero) is 1. The van der Waals surface area contributed by atoms with E-state index in [0.717, 1.165) is 0 Å². The molecule has 1 aromatic carbocycles. The van der Waals surface area contributed by atoms with Crippen LogP contribution in [0.1, 0.15) is 15.9 Å². The van der Waals surface area contributed by atoms with Crippen LogP contribution in [0.4, 0.5) is 10.1 Å². The van der Waals surface area contributed by atoms with Crippen LogP contribution in [0.25, 0.3) is 0 Å². The number of rotatable bonds is 2. The maximum absolute atomic E-state index is 13.3. The summed E-state index contributed by atoms with van der Waals surface area (Å²) in [7, 11) is 0. The Bertz CT molecular complexity index is 426. The van der Waals surface area contributed by atoms with Crippen LogP contribution in [0.2, 0.25) is 0 Å². The van der Waals surface area contributed by atoms with Crippen molar-refractivity contribution in [3.8, 4) is 6.07 Å². The maximum atomic E-state index is 13.3. The largest absolute Gasteiger partial charge is 0.396 e. The molecule has 0 heterocycles. The van der Waals surface area contributed by atoms with Gasteiger partial charge in [-0.3, -0.25) is 4.79 Å². The first-order valence-corrected chi connectivity index (χ1v) is 4.22. The van der Waals surface area contributed by atoms with Crippen molar-refractivity contribution in [2.24, 2.45) is 0 Å². The van der Waals surface area contributed by atoms with Gasteiger partial charge >= 0.3 is 0 Å². The molecule has 72 valence electrons. The molecular formula is C9H6ClFN2O. The number of nitrogen functional groups attached to an aromatic ring is 1. The SMILES string of the molecule is N#Cc1ccc(N)c(F)c1C(=O)CCl. The molecule has 0 unspecified atom stereocenters. The molecule has 0 aliphatic carbocycles. The average Bonchev–Trinajstić information content (AvgIpc) is 2.20. The Labute approximate surface area is 84.9 Å². The fraction of sp³-hybridized carbons (Fsp3) is 0.111. The third kappa shape index (κ3) is 1.68. The molecule has 0 aromatic heterocycles. The van der Waals surface area contributed by atoms with Crippen molar-refractivity contribution in [1.82, 2.24) is 0 Å². The molecular weight excluding hydrogens is 207 g/mol. The van der Waals surface area contributed by atoms with Gasteiger partial charge in [0.25, 0.3) is 0 Å². The Morgan fingerprint density at radius 3 is 2.79 bits per heavy atom. The topological polar surface area (TPSA) is 66.9 Å². The van der Waals surface area contributed by atoms with E-state index in [-0.39, 0.29) is 22.7 Å². The molecule has 5 heteroatoms. The second-order valence-electron chi connectivity index (χ2n) is 2.56. The molecule has 0 aliphatic heterocycles. The molecule has 1 rings (SSSR count). The van der Waals surface area contributed by atoms with E-state index >= 15 is 0 Å². The number of hydrogen-bond acceptors (Lipinski definition) is 3. The molecule has 2 N–H and O–H groups in total. The van der Waals surface area contributed by atoms with Crippen LogP contribution in [-0.2, 0) is 0 Å². The van der Waals surface area contributed by atoms with E-state index in [1.807, 2.05) is 0 Å². The van der Waals surface area contributed by atoms with Gasteiger partial charge in [0.1, 0.15) is 0 Å². The summed E-state index contributed by atoms with van der Waals surface area (Å²) in [6.07, 6.45) is 0. The highest BCUT2D eigenvalue weighted by Gasteiger charge is 2.17. The summed E-state index contributed by atoms with van der Waals surface area (Å²) in [6, 6.07) is 4.23. The third-order valence-electron chi connectivity index (χ3n) is 1.69. The number of benzene rings is 1. The van der Waals surface area contributed by atoms with Gasteiger partial charge in [-0.1, -0.05) is 0 Å². The van der Waals surface area contributed by atoms with E-state index in [2.05, 4.69) is 0 Å². The smallest absolute Gasteiger partial charge is 0.181 e. The van der Waals surface area contributed by atoms with Crippen LogP contribution in [0.3, 0.4) is 0 Å². The predicted molar refractivity (Wildman–Crippen MR) is 50.6 cm³/mol. The lowest BCUT2D eigenvalue weighted by atomic mass is 10.0. The lowest BCUT2D eigenvalue weighted by molar-refractivity contribution is 0.101. The van der Waals surface area contributed by atoms with Crippen molar-refractivity contribution in [1.29, 1.82) is 5.26 Å². The number of carbonyl (C=O) groups excluding carboxylic acids is 1. The molecule has 0 saturated carbocycles. The zero-order valence-corrected chi connectivity index (χ0v) is 7.81. The molecule has 0 atom stereocenters. The summed E-state index contributed by atoms with van der Waals surface area (Å²) in [5.41, 5.74) is 4.70. The first-order valence-electron chi connectivity index (χ1n) is 3.69. The summed E-state index contributed by atoms with van der Waals surface area (Å²) in [5.74, 6) is -1.91. The van der Waals surface area contributed by atoms with Gasteiger partial charge in [0.2, 0.25) is 0 Å². The molecule has 0 bridgehead atoms. The molecule has 0 spiro atoms. The molecule has 0 amide bonds. The van der Waals surface area contributed by atoms with E-state index in [0.29, 0.717) is 0 Å². The van der Waals surface area contributed by atoms with Gasteiger partial charge in [-0.25, -0.2) is 4.39 Å². The molecule has 3 nitrogen and oxygen atoms in total. The lowest BCUT2D eigenvalue weighted by Crippen LogP contribution is -2.09. The van der Waals surface area contributed by atoms with Crippen molar-refractivity contribution in [2.75, 3.05) is 11.6 Å². The fourth-order valence-electron chi connectivity index (χ4n) is 1.02. The third-order valence-corrected chi connectivity index (χ3v) is 1.94. The number of carbonyl (C=O) groups is 1. The standard InChI is InChI=1S/C9H6ClFN2O/c10-3-7(14)8-5(4-12)1-2-6(13)9(8)11/h1-2H,3,13H2. The van der Waals surface area contributed by atoms with E-state index in [4.69, 9.17) is 22.6 Å². The second kappa shape index (κ2) is 4.07. The molecule has 14 heavy (non-hydrogen) atoms. The number of ketones is 1. The zero-order valence-electron chi connectivity index (χ0n) is 7.05. The minimum Gasteiger partial charge on any atom is -0.396 e. The van der Waals surface area contributed by atoms with Crippen LogP contribution < -0.4 is 5.73 Å². The number of hydrogen-bond donors (Lipinski definition) is 1. The van der Waals surface area contributed by atoms with Crippen LogP contribution in [-0.4, -0.2) is 11.7 Å². The van der Waals surface area contributed by atoms with Gasteiger partial charge in [0, 0.05) is 0 Å². The lowest BCUT2D eigenvalue weighted by Gasteiger charge is -2.04. The normalized spacial score (nSPS) is 9.50. The van der Waals surface area contributed by atoms with Crippen molar-refractivity contribution in [3.63, 3.8) is 0 Å². The Balaban J connectivity index is 3.45. The van der Waals surface area contributed by atoms with Gasteiger partial charge in [0.15, 0.2) is 11.6 Å². The molecule has 1 aromatic rings. The number of anilines is 1. The van der Waals surface area contributed by atoms with Gasteiger partial charge < -0.3 is 5.73 Å². The van der Waals surface area contributed by atoms with Crippen molar-refractivity contribution >= 4 is 23.1 Å². The van der Waals surface area contributed by atoms with E-state index in [1.54, 1.807) is 6.07 Å². The van der Waals surface area contributed by atoms with Crippen molar-refractivity contribution in [3.05, 3.63) is 29.1 Å². The average molecular weight is 213 g/mol. The first kappa shape index (κ1) is 10.5. The number of nitrogens with two attached hydrogens (primary N) is 1. The number of nitrogens with zero attached hydrogens (tertiary/aromatic N) is 1. The molecule has 0 aliphatic rings. The fourth-order valence-corrected chi connectivity index (χ4v) is 1.16. The molecule has 0 fully saturated rings. The number of halogens is 2. The summed E-state index contributed by atoms with van der Waals surface area (Å²) in [5, 5.41) is 8.63.